The SMILES string of the molecule is Cc1cccc(N(CC(=O)N(Cc2ccc(Cl)cc2)C(Cc2ccccc2)C(=O)NCC(C)C)S(=O)(=O)c2ccccc2)c1. The Morgan fingerprint density at radius 3 is 2.07 bits per heavy atom. The molecule has 2 amide bonds. The van der Waals surface area contributed by atoms with E-state index in [-0.39, 0.29) is 29.7 Å². The number of sulfonamides is 1. The minimum Gasteiger partial charge on any atom is -0.354 e. The average Bonchev–Trinajstić information content (AvgIpc) is 3.02. The zero-order valence-corrected chi connectivity index (χ0v) is 26.8. The number of aryl methyl sites for hydroxylation is 1. The minimum atomic E-state index is -4.14. The summed E-state index contributed by atoms with van der Waals surface area (Å²) in [5.41, 5.74) is 2.83. The van der Waals surface area contributed by atoms with Gasteiger partial charge in [-0.05, 0) is 65.9 Å². The predicted molar refractivity (Wildman–Crippen MR) is 176 cm³/mol. The number of hydrogen-bond acceptors (Lipinski definition) is 4. The van der Waals surface area contributed by atoms with Gasteiger partial charge in [-0.2, -0.15) is 0 Å². The highest BCUT2D eigenvalue weighted by molar-refractivity contribution is 7.92. The molecule has 0 heterocycles. The van der Waals surface area contributed by atoms with Gasteiger partial charge in [-0.15, -0.1) is 0 Å². The van der Waals surface area contributed by atoms with Gasteiger partial charge in [0.05, 0.1) is 10.6 Å². The molecule has 4 aromatic rings. The average molecular weight is 632 g/mol. The third-order valence-corrected chi connectivity index (χ3v) is 9.16. The van der Waals surface area contributed by atoms with Crippen LogP contribution in [0.1, 0.15) is 30.5 Å². The van der Waals surface area contributed by atoms with Crippen LogP contribution in [-0.4, -0.2) is 44.3 Å². The Morgan fingerprint density at radius 1 is 0.818 bits per heavy atom. The quantitative estimate of drug-likeness (QED) is 0.189. The Bertz CT molecular complexity index is 1650. The summed E-state index contributed by atoms with van der Waals surface area (Å²) in [6.45, 7) is 5.87. The molecular formula is C35H38ClN3O4S. The van der Waals surface area contributed by atoms with Crippen molar-refractivity contribution in [2.45, 2.75) is 44.7 Å². The first-order chi connectivity index (χ1) is 21.0. The highest BCUT2D eigenvalue weighted by Crippen LogP contribution is 2.26. The van der Waals surface area contributed by atoms with Gasteiger partial charge in [0.2, 0.25) is 11.8 Å². The van der Waals surface area contributed by atoms with E-state index < -0.39 is 28.5 Å². The molecule has 0 bridgehead atoms. The Kier molecular flexibility index (Phi) is 11.2. The molecule has 0 aliphatic heterocycles. The topological polar surface area (TPSA) is 86.8 Å². The van der Waals surface area contributed by atoms with Crippen LogP contribution < -0.4 is 9.62 Å². The summed E-state index contributed by atoms with van der Waals surface area (Å²) in [4.78, 5) is 29.8. The van der Waals surface area contributed by atoms with E-state index in [2.05, 4.69) is 5.32 Å². The zero-order chi connectivity index (χ0) is 31.7. The molecular weight excluding hydrogens is 594 g/mol. The number of anilines is 1. The molecule has 9 heteroatoms. The molecule has 4 rings (SSSR count). The highest BCUT2D eigenvalue weighted by Gasteiger charge is 2.34. The van der Waals surface area contributed by atoms with E-state index in [1.807, 2.05) is 57.2 Å². The lowest BCUT2D eigenvalue weighted by molar-refractivity contribution is -0.140. The van der Waals surface area contributed by atoms with Crippen LogP contribution >= 0.6 is 11.6 Å². The molecule has 0 saturated carbocycles. The third kappa shape index (κ3) is 8.71. The van der Waals surface area contributed by atoms with Crippen LogP contribution in [0.5, 0.6) is 0 Å². The Hall–Kier alpha value is -4.14. The van der Waals surface area contributed by atoms with Crippen molar-refractivity contribution in [3.05, 3.63) is 131 Å². The number of nitrogens with zero attached hydrogens (tertiary/aromatic N) is 2. The molecule has 0 aromatic heterocycles. The molecule has 7 nitrogen and oxygen atoms in total. The van der Waals surface area contributed by atoms with Crippen LogP contribution in [0.25, 0.3) is 0 Å². The normalized spacial score (nSPS) is 12.0. The number of halogens is 1. The van der Waals surface area contributed by atoms with Crippen LogP contribution in [0.4, 0.5) is 5.69 Å². The predicted octanol–water partition coefficient (Wildman–Crippen LogP) is 6.26. The van der Waals surface area contributed by atoms with Crippen molar-refractivity contribution in [1.82, 2.24) is 10.2 Å². The molecule has 44 heavy (non-hydrogen) atoms. The summed E-state index contributed by atoms with van der Waals surface area (Å²) in [6.07, 6.45) is 0.250. The van der Waals surface area contributed by atoms with Crippen molar-refractivity contribution in [2.24, 2.45) is 5.92 Å². The summed E-state index contributed by atoms with van der Waals surface area (Å²) in [5, 5.41) is 3.54. The summed E-state index contributed by atoms with van der Waals surface area (Å²) in [5.74, 6) is -0.621. The number of nitrogens with one attached hydrogen (secondary N) is 1. The number of amides is 2. The first kappa shape index (κ1) is 32.8. The van der Waals surface area contributed by atoms with Gasteiger partial charge >= 0.3 is 0 Å². The molecule has 0 spiro atoms. The first-order valence-corrected chi connectivity index (χ1v) is 16.4. The van der Waals surface area contributed by atoms with Crippen LogP contribution in [0, 0.1) is 12.8 Å². The molecule has 1 atom stereocenters. The van der Waals surface area contributed by atoms with Crippen molar-refractivity contribution in [1.29, 1.82) is 0 Å². The van der Waals surface area contributed by atoms with Gasteiger partial charge in [0.25, 0.3) is 10.0 Å². The first-order valence-electron chi connectivity index (χ1n) is 14.5. The second-order valence-electron chi connectivity index (χ2n) is 11.2. The lowest BCUT2D eigenvalue weighted by atomic mass is 10.0. The standard InChI is InChI=1S/C35H38ClN3O4S/c1-26(2)23-37-35(41)33(22-28-12-6-4-7-13-28)38(24-29-17-19-30(36)20-18-29)34(40)25-39(31-14-10-11-27(3)21-31)44(42,43)32-15-8-5-9-16-32/h4-21,26,33H,22-25H2,1-3H3,(H,37,41). The van der Waals surface area contributed by atoms with Crippen LogP contribution in [-0.2, 0) is 32.6 Å². The molecule has 0 aliphatic carbocycles. The van der Waals surface area contributed by atoms with Gasteiger partial charge in [0.15, 0.2) is 0 Å². The molecule has 0 fully saturated rings. The molecule has 1 unspecified atom stereocenters. The summed E-state index contributed by atoms with van der Waals surface area (Å²) in [6, 6.07) is 30.7. The molecule has 0 saturated heterocycles. The number of rotatable bonds is 13. The molecule has 230 valence electrons. The lowest BCUT2D eigenvalue weighted by Crippen LogP contribution is -2.53. The summed E-state index contributed by atoms with van der Waals surface area (Å²) < 4.78 is 29.2. The van der Waals surface area contributed by atoms with E-state index in [0.29, 0.717) is 17.3 Å². The zero-order valence-electron chi connectivity index (χ0n) is 25.2. The summed E-state index contributed by atoms with van der Waals surface area (Å²) >= 11 is 6.14. The number of carbonyl (C=O) groups excluding carboxylic acids is 2. The largest absolute Gasteiger partial charge is 0.354 e. The van der Waals surface area contributed by atoms with E-state index >= 15 is 0 Å². The molecule has 4 aromatic carbocycles. The van der Waals surface area contributed by atoms with E-state index in [1.165, 1.54) is 17.0 Å². The Balaban J connectivity index is 1.79. The van der Waals surface area contributed by atoms with Gasteiger partial charge in [0, 0.05) is 24.5 Å². The van der Waals surface area contributed by atoms with Gasteiger partial charge in [-0.3, -0.25) is 13.9 Å². The van der Waals surface area contributed by atoms with Crippen molar-refractivity contribution < 1.29 is 18.0 Å². The molecule has 0 radical (unpaired) electrons. The van der Waals surface area contributed by atoms with Crippen molar-refractivity contribution in [2.75, 3.05) is 17.4 Å². The highest BCUT2D eigenvalue weighted by atomic mass is 35.5. The monoisotopic (exact) mass is 631 g/mol. The fraction of sp³-hybridized carbons (Fsp3) is 0.257. The van der Waals surface area contributed by atoms with Gasteiger partial charge in [-0.25, -0.2) is 8.42 Å². The third-order valence-electron chi connectivity index (χ3n) is 7.12. The number of hydrogen-bond donors (Lipinski definition) is 1. The number of benzene rings is 4. The maximum Gasteiger partial charge on any atom is 0.264 e. The maximum absolute atomic E-state index is 14.4. The van der Waals surface area contributed by atoms with Crippen molar-refractivity contribution >= 4 is 39.1 Å². The fourth-order valence-corrected chi connectivity index (χ4v) is 6.35. The van der Waals surface area contributed by atoms with E-state index in [0.717, 1.165) is 21.0 Å². The van der Waals surface area contributed by atoms with Crippen LogP contribution in [0.15, 0.2) is 114 Å². The van der Waals surface area contributed by atoms with Gasteiger partial charge in [-0.1, -0.05) is 98.2 Å². The van der Waals surface area contributed by atoms with Gasteiger partial charge in [0.1, 0.15) is 12.6 Å². The van der Waals surface area contributed by atoms with E-state index in [4.69, 9.17) is 11.6 Å². The Morgan fingerprint density at radius 2 is 1.45 bits per heavy atom. The second-order valence-corrected chi connectivity index (χ2v) is 13.5. The van der Waals surface area contributed by atoms with E-state index in [9.17, 15) is 18.0 Å². The van der Waals surface area contributed by atoms with Crippen LogP contribution in [0.2, 0.25) is 5.02 Å². The molecule has 1 N–H and O–H groups in total. The van der Waals surface area contributed by atoms with Crippen LogP contribution in [0.3, 0.4) is 0 Å². The Labute approximate surface area is 265 Å². The number of carbonyl (C=O) groups is 2. The van der Waals surface area contributed by atoms with Crippen molar-refractivity contribution in [3.63, 3.8) is 0 Å². The smallest absolute Gasteiger partial charge is 0.264 e. The lowest BCUT2D eigenvalue weighted by Gasteiger charge is -2.34. The maximum atomic E-state index is 14.4. The fourth-order valence-electron chi connectivity index (χ4n) is 4.79. The minimum absolute atomic E-state index is 0.0640. The van der Waals surface area contributed by atoms with E-state index in [1.54, 1.807) is 60.7 Å². The van der Waals surface area contributed by atoms with Gasteiger partial charge < -0.3 is 10.2 Å². The second kappa shape index (κ2) is 15.0. The van der Waals surface area contributed by atoms with Crippen molar-refractivity contribution in [3.8, 4) is 0 Å². The molecule has 0 aliphatic rings. The summed E-state index contributed by atoms with van der Waals surface area (Å²) in [7, 11) is -4.14.